The molecule has 1 aromatic carbocycles. The highest BCUT2D eigenvalue weighted by molar-refractivity contribution is 6.80. The molecule has 0 bridgehead atoms. The van der Waals surface area contributed by atoms with Crippen LogP contribution >= 0.6 is 0 Å². The SMILES string of the molecule is CC(C)(C)[SiH](c1ccc([SiH](C(C)(C)C)C(C)(C)C)cc1)C(C)(C)C. The van der Waals surface area contributed by atoms with Crippen LogP contribution in [0.4, 0.5) is 0 Å². The molecule has 0 radical (unpaired) electrons. The lowest BCUT2D eigenvalue weighted by molar-refractivity contribution is 0.652. The second-order valence-electron chi connectivity index (χ2n) is 12.0. The van der Waals surface area contributed by atoms with E-state index in [0.717, 1.165) is 0 Å². The van der Waals surface area contributed by atoms with Crippen molar-refractivity contribution in [1.82, 2.24) is 0 Å². The Morgan fingerprint density at radius 1 is 0.417 bits per heavy atom. The molecule has 0 aliphatic rings. The minimum Gasteiger partial charge on any atom is -0.0634 e. The van der Waals surface area contributed by atoms with Crippen molar-refractivity contribution >= 4 is 28.0 Å². The van der Waals surface area contributed by atoms with Crippen molar-refractivity contribution in [3.63, 3.8) is 0 Å². The predicted molar refractivity (Wildman–Crippen MR) is 119 cm³/mol. The van der Waals surface area contributed by atoms with Gasteiger partial charge < -0.3 is 0 Å². The number of rotatable bonds is 2. The summed E-state index contributed by atoms with van der Waals surface area (Å²) in [6, 6.07) is 9.95. The van der Waals surface area contributed by atoms with Crippen LogP contribution < -0.4 is 10.4 Å². The van der Waals surface area contributed by atoms with Crippen LogP contribution in [0.2, 0.25) is 20.2 Å². The van der Waals surface area contributed by atoms with E-state index in [1.54, 1.807) is 10.4 Å². The van der Waals surface area contributed by atoms with Gasteiger partial charge in [-0.15, -0.1) is 0 Å². The third-order valence-electron chi connectivity index (χ3n) is 5.07. The first kappa shape index (κ1) is 21.7. The van der Waals surface area contributed by atoms with E-state index in [9.17, 15) is 0 Å². The molecule has 138 valence electrons. The highest BCUT2D eigenvalue weighted by atomic mass is 28.3. The number of benzene rings is 1. The molecule has 24 heavy (non-hydrogen) atoms. The van der Waals surface area contributed by atoms with Gasteiger partial charge in [0.15, 0.2) is 0 Å². The summed E-state index contributed by atoms with van der Waals surface area (Å²) in [7, 11) is -2.18. The Bertz CT molecular complexity index is 449. The van der Waals surface area contributed by atoms with Gasteiger partial charge in [-0.05, 0) is 20.2 Å². The fourth-order valence-corrected chi connectivity index (χ4v) is 15.8. The van der Waals surface area contributed by atoms with E-state index in [-0.39, 0.29) is 0 Å². The van der Waals surface area contributed by atoms with Crippen molar-refractivity contribution in [1.29, 1.82) is 0 Å². The first-order valence-corrected chi connectivity index (χ1v) is 13.0. The lowest BCUT2D eigenvalue weighted by Gasteiger charge is -2.41. The van der Waals surface area contributed by atoms with E-state index in [1.807, 2.05) is 0 Å². The fourth-order valence-electron chi connectivity index (χ4n) is 5.48. The highest BCUT2D eigenvalue weighted by Gasteiger charge is 2.39. The molecule has 1 rings (SSSR count). The zero-order valence-electron chi connectivity index (χ0n) is 18.5. The van der Waals surface area contributed by atoms with Gasteiger partial charge in [0.05, 0.1) is 17.6 Å². The quantitative estimate of drug-likeness (QED) is 0.587. The second-order valence-corrected chi connectivity index (χ2v) is 22.0. The van der Waals surface area contributed by atoms with Crippen LogP contribution in [0.3, 0.4) is 0 Å². The lowest BCUT2D eigenvalue weighted by Crippen LogP contribution is -2.49. The molecule has 0 spiro atoms. The van der Waals surface area contributed by atoms with Gasteiger partial charge in [-0.2, -0.15) is 0 Å². The Balaban J connectivity index is 3.34. The van der Waals surface area contributed by atoms with Crippen LogP contribution in [0.5, 0.6) is 0 Å². The first-order chi connectivity index (χ1) is 10.5. The third-order valence-corrected chi connectivity index (χ3v) is 14.1. The van der Waals surface area contributed by atoms with Crippen molar-refractivity contribution < 1.29 is 0 Å². The third kappa shape index (κ3) is 5.32. The van der Waals surface area contributed by atoms with Crippen molar-refractivity contribution in [3.8, 4) is 0 Å². The van der Waals surface area contributed by atoms with E-state index in [4.69, 9.17) is 0 Å². The molecule has 0 atom stereocenters. The molecular formula is C22H42Si2. The average Bonchev–Trinajstić information content (AvgIpc) is 2.23. The second kappa shape index (κ2) is 6.76. The zero-order valence-corrected chi connectivity index (χ0v) is 20.8. The van der Waals surface area contributed by atoms with Gasteiger partial charge in [0.25, 0.3) is 0 Å². The maximum atomic E-state index is 2.49. The molecule has 0 unspecified atom stereocenters. The van der Waals surface area contributed by atoms with Crippen LogP contribution in [0.1, 0.15) is 83.1 Å². The van der Waals surface area contributed by atoms with Crippen LogP contribution in [0.25, 0.3) is 0 Å². The Hall–Kier alpha value is -0.346. The summed E-state index contributed by atoms with van der Waals surface area (Å²) < 4.78 is 0. The molecule has 0 nitrogen and oxygen atoms in total. The zero-order chi connectivity index (χ0) is 19.1. The normalized spacial score (nSPS) is 14.6. The van der Waals surface area contributed by atoms with E-state index in [1.165, 1.54) is 0 Å². The number of hydrogen-bond donors (Lipinski definition) is 0. The van der Waals surface area contributed by atoms with Crippen molar-refractivity contribution in [2.24, 2.45) is 0 Å². The van der Waals surface area contributed by atoms with E-state index < -0.39 is 17.6 Å². The molecule has 0 aromatic heterocycles. The Morgan fingerprint density at radius 3 is 0.708 bits per heavy atom. The molecule has 0 heterocycles. The Labute approximate surface area is 155 Å². The molecule has 1 aromatic rings. The van der Waals surface area contributed by atoms with Crippen LogP contribution in [-0.2, 0) is 0 Å². The molecule has 0 saturated heterocycles. The topological polar surface area (TPSA) is 0 Å². The largest absolute Gasteiger partial charge is 0.0814 e. The molecule has 0 amide bonds. The molecule has 0 aliphatic carbocycles. The fraction of sp³-hybridized carbons (Fsp3) is 0.727. The van der Waals surface area contributed by atoms with Crippen LogP contribution in [-0.4, -0.2) is 17.6 Å². The maximum Gasteiger partial charge on any atom is 0.0814 e. The highest BCUT2D eigenvalue weighted by Crippen LogP contribution is 2.43. The van der Waals surface area contributed by atoms with E-state index >= 15 is 0 Å². The Morgan fingerprint density at radius 2 is 0.583 bits per heavy atom. The molecule has 2 heteroatoms. The summed E-state index contributed by atoms with van der Waals surface area (Å²) in [5.41, 5.74) is 0. The van der Waals surface area contributed by atoms with Crippen molar-refractivity contribution in [3.05, 3.63) is 24.3 Å². The summed E-state index contributed by atoms with van der Waals surface area (Å²) in [5, 5.41) is 4.90. The van der Waals surface area contributed by atoms with Gasteiger partial charge in [0.1, 0.15) is 0 Å². The Kier molecular flexibility index (Phi) is 6.11. The monoisotopic (exact) mass is 362 g/mol. The predicted octanol–water partition coefficient (Wildman–Crippen LogP) is 5.76. The summed E-state index contributed by atoms with van der Waals surface area (Å²) in [4.78, 5) is 0. The minimum absolute atomic E-state index is 0.407. The average molecular weight is 363 g/mol. The molecule has 0 aliphatic heterocycles. The molecular weight excluding hydrogens is 320 g/mol. The van der Waals surface area contributed by atoms with Crippen molar-refractivity contribution in [2.45, 2.75) is 103 Å². The summed E-state index contributed by atoms with van der Waals surface area (Å²) >= 11 is 0. The van der Waals surface area contributed by atoms with E-state index in [0.29, 0.717) is 20.2 Å². The standard InChI is InChI=1S/C22H42Si2/c1-19(2,3)23(20(4,5)6)17-13-15-18(16-14-17)24(21(7,8)9)22(10,11)12/h13-16,23-24H,1-12H3. The summed E-state index contributed by atoms with van der Waals surface area (Å²) in [6.45, 7) is 29.2. The lowest BCUT2D eigenvalue weighted by atomic mass is 10.2. The van der Waals surface area contributed by atoms with Crippen LogP contribution in [0.15, 0.2) is 24.3 Å². The summed E-state index contributed by atoms with van der Waals surface area (Å²) in [6.07, 6.45) is 0. The van der Waals surface area contributed by atoms with Gasteiger partial charge in [-0.1, -0.05) is 118 Å². The van der Waals surface area contributed by atoms with Gasteiger partial charge >= 0.3 is 0 Å². The van der Waals surface area contributed by atoms with Gasteiger partial charge in [-0.3, -0.25) is 0 Å². The molecule has 0 N–H and O–H groups in total. The molecule has 0 saturated carbocycles. The number of hydrogen-bond acceptors (Lipinski definition) is 0. The molecule has 0 fully saturated rings. The maximum absolute atomic E-state index is 2.49. The van der Waals surface area contributed by atoms with Gasteiger partial charge in [0, 0.05) is 0 Å². The summed E-state index contributed by atoms with van der Waals surface area (Å²) in [5.74, 6) is 0. The van der Waals surface area contributed by atoms with E-state index in [2.05, 4.69) is 107 Å². The van der Waals surface area contributed by atoms with Crippen LogP contribution in [0, 0.1) is 0 Å². The smallest absolute Gasteiger partial charge is 0.0634 e. The first-order valence-electron chi connectivity index (χ1n) is 9.55. The van der Waals surface area contributed by atoms with Gasteiger partial charge in [-0.25, -0.2) is 0 Å². The van der Waals surface area contributed by atoms with Crippen molar-refractivity contribution in [2.75, 3.05) is 0 Å². The minimum atomic E-state index is -1.09. The van der Waals surface area contributed by atoms with Gasteiger partial charge in [0.2, 0.25) is 0 Å².